The zero-order valence-corrected chi connectivity index (χ0v) is 19.3. The molecule has 0 spiro atoms. The molecule has 4 nitrogen and oxygen atoms in total. The summed E-state index contributed by atoms with van der Waals surface area (Å²) in [5.74, 6) is 1.03. The van der Waals surface area contributed by atoms with Crippen LogP contribution in [0.1, 0.15) is 22.6 Å². The van der Waals surface area contributed by atoms with Crippen molar-refractivity contribution in [2.75, 3.05) is 13.3 Å². The van der Waals surface area contributed by atoms with Crippen LogP contribution in [0.25, 0.3) is 22.1 Å². The number of nitrogens with one attached hydrogen (secondary N) is 1. The fourth-order valence-corrected chi connectivity index (χ4v) is 5.12. The quantitative estimate of drug-likeness (QED) is 0.374. The molecule has 0 amide bonds. The van der Waals surface area contributed by atoms with E-state index in [1.54, 1.807) is 6.07 Å². The minimum atomic E-state index is -0.344. The lowest BCUT2D eigenvalue weighted by Gasteiger charge is -2.30. The summed E-state index contributed by atoms with van der Waals surface area (Å²) in [6, 6.07) is 36.8. The topological polar surface area (TPSA) is 43.9 Å². The van der Waals surface area contributed by atoms with Gasteiger partial charge < -0.3 is 9.15 Å². The van der Waals surface area contributed by atoms with Gasteiger partial charge in [0.15, 0.2) is 5.58 Å². The van der Waals surface area contributed by atoms with E-state index in [1.807, 2.05) is 42.5 Å². The summed E-state index contributed by atoms with van der Waals surface area (Å²) in [7, 11) is 0. The van der Waals surface area contributed by atoms with Gasteiger partial charge in [-0.2, -0.15) is 0 Å². The highest BCUT2D eigenvalue weighted by molar-refractivity contribution is 5.95. The lowest BCUT2D eigenvalue weighted by molar-refractivity contribution is -0.933. The molecular formula is C31H26NO3+. The summed E-state index contributed by atoms with van der Waals surface area (Å²) in [5, 5.41) is 0.932. The van der Waals surface area contributed by atoms with Crippen molar-refractivity contribution in [3.05, 3.63) is 136 Å². The van der Waals surface area contributed by atoms with E-state index in [1.165, 1.54) is 16.0 Å². The number of ether oxygens (including phenoxy) is 1. The van der Waals surface area contributed by atoms with Crippen molar-refractivity contribution in [2.45, 2.75) is 12.5 Å². The van der Waals surface area contributed by atoms with E-state index in [0.29, 0.717) is 12.3 Å². The molecule has 6 rings (SSSR count). The van der Waals surface area contributed by atoms with Gasteiger partial charge in [0.1, 0.15) is 12.3 Å². The van der Waals surface area contributed by atoms with E-state index in [9.17, 15) is 4.79 Å². The van der Waals surface area contributed by atoms with Crippen LogP contribution < -0.4 is 15.3 Å². The van der Waals surface area contributed by atoms with E-state index in [0.717, 1.165) is 40.9 Å². The molecule has 5 aromatic rings. The Morgan fingerprint density at radius 3 is 2.06 bits per heavy atom. The Bertz CT molecular complexity index is 1470. The first-order valence-corrected chi connectivity index (χ1v) is 12.0. The monoisotopic (exact) mass is 460 g/mol. The zero-order chi connectivity index (χ0) is 23.6. The Balaban J connectivity index is 1.38. The van der Waals surface area contributed by atoms with E-state index in [4.69, 9.17) is 9.15 Å². The van der Waals surface area contributed by atoms with Crippen LogP contribution in [-0.4, -0.2) is 13.3 Å². The van der Waals surface area contributed by atoms with Crippen molar-refractivity contribution in [2.24, 2.45) is 0 Å². The molecule has 0 bridgehead atoms. The standard InChI is InChI=1S/C31H25NO3/c33-30-18-26(22-10-4-1-5-11-22)25-16-17-29-28(31(25)35-30)20-32(21-34-29)19-27(23-12-6-2-7-13-23)24-14-8-3-9-15-24/h1-18,27H,19-21H2/p+1. The van der Waals surface area contributed by atoms with E-state index < -0.39 is 0 Å². The van der Waals surface area contributed by atoms with Gasteiger partial charge in [0.2, 0.25) is 6.73 Å². The van der Waals surface area contributed by atoms with Crippen LogP contribution in [0.2, 0.25) is 0 Å². The van der Waals surface area contributed by atoms with Crippen LogP contribution in [0.5, 0.6) is 5.75 Å². The highest BCUT2D eigenvalue weighted by Gasteiger charge is 2.28. The molecule has 4 heteroatoms. The van der Waals surface area contributed by atoms with Gasteiger partial charge in [-0.25, -0.2) is 4.79 Å². The fourth-order valence-electron chi connectivity index (χ4n) is 5.12. The Morgan fingerprint density at radius 1 is 0.771 bits per heavy atom. The summed E-state index contributed by atoms with van der Waals surface area (Å²) in [6.07, 6.45) is 0. The average Bonchev–Trinajstić information content (AvgIpc) is 2.92. The number of hydrogen-bond donors (Lipinski definition) is 1. The number of benzene rings is 4. The lowest BCUT2D eigenvalue weighted by atomic mass is 9.90. The van der Waals surface area contributed by atoms with Gasteiger partial charge in [-0.15, -0.1) is 0 Å². The fraction of sp³-hybridized carbons (Fsp3) is 0.129. The van der Waals surface area contributed by atoms with Crippen LogP contribution in [0.4, 0.5) is 0 Å². The summed E-state index contributed by atoms with van der Waals surface area (Å²) in [5.41, 5.74) is 5.70. The van der Waals surface area contributed by atoms with Gasteiger partial charge in [-0.05, 0) is 34.4 Å². The van der Waals surface area contributed by atoms with Crippen LogP contribution in [0.15, 0.2) is 118 Å². The smallest absolute Gasteiger partial charge is 0.336 e. The third-order valence-electron chi connectivity index (χ3n) is 6.81. The van der Waals surface area contributed by atoms with Crippen molar-refractivity contribution in [3.63, 3.8) is 0 Å². The summed E-state index contributed by atoms with van der Waals surface area (Å²) in [6.45, 7) is 2.16. The highest BCUT2D eigenvalue weighted by Crippen LogP contribution is 2.34. The molecular weight excluding hydrogens is 434 g/mol. The van der Waals surface area contributed by atoms with Gasteiger partial charge in [0.05, 0.1) is 18.0 Å². The summed E-state index contributed by atoms with van der Waals surface area (Å²) < 4.78 is 12.0. The van der Waals surface area contributed by atoms with Gasteiger partial charge in [-0.3, -0.25) is 4.90 Å². The SMILES string of the molecule is O=c1cc(-c2ccccc2)c2ccc3c(c2o1)C[NH+](CC(c1ccccc1)c1ccccc1)CO3. The predicted octanol–water partition coefficient (Wildman–Crippen LogP) is 5.03. The Labute approximate surface area is 204 Å². The lowest BCUT2D eigenvalue weighted by Crippen LogP contribution is -3.12. The van der Waals surface area contributed by atoms with E-state index in [-0.39, 0.29) is 11.5 Å². The second kappa shape index (κ2) is 9.24. The van der Waals surface area contributed by atoms with Crippen LogP contribution >= 0.6 is 0 Å². The second-order valence-corrected chi connectivity index (χ2v) is 9.06. The molecule has 1 atom stereocenters. The van der Waals surface area contributed by atoms with Crippen molar-refractivity contribution in [3.8, 4) is 16.9 Å². The maximum absolute atomic E-state index is 12.6. The average molecular weight is 461 g/mol. The van der Waals surface area contributed by atoms with E-state index in [2.05, 4.69) is 60.7 Å². The highest BCUT2D eigenvalue weighted by atomic mass is 16.5. The number of quaternary nitrogens is 1. The first kappa shape index (κ1) is 21.4. The van der Waals surface area contributed by atoms with Crippen molar-refractivity contribution in [1.29, 1.82) is 0 Å². The van der Waals surface area contributed by atoms with Gasteiger partial charge in [-0.1, -0.05) is 91.0 Å². The Hall–Kier alpha value is -4.15. The molecule has 1 unspecified atom stereocenters. The molecule has 0 radical (unpaired) electrons. The zero-order valence-electron chi connectivity index (χ0n) is 19.3. The molecule has 0 aliphatic carbocycles. The molecule has 0 fully saturated rings. The molecule has 2 heterocycles. The summed E-state index contributed by atoms with van der Waals surface area (Å²) >= 11 is 0. The Morgan fingerprint density at radius 2 is 1.40 bits per heavy atom. The molecule has 35 heavy (non-hydrogen) atoms. The molecule has 4 aromatic carbocycles. The number of rotatable bonds is 5. The molecule has 0 saturated heterocycles. The molecule has 0 saturated carbocycles. The minimum Gasteiger partial charge on any atom is -0.445 e. The largest absolute Gasteiger partial charge is 0.445 e. The van der Waals surface area contributed by atoms with Crippen LogP contribution in [-0.2, 0) is 6.54 Å². The van der Waals surface area contributed by atoms with E-state index >= 15 is 0 Å². The molecule has 1 aliphatic heterocycles. The third kappa shape index (κ3) is 4.25. The predicted molar refractivity (Wildman–Crippen MR) is 138 cm³/mol. The maximum Gasteiger partial charge on any atom is 0.336 e. The van der Waals surface area contributed by atoms with Crippen molar-refractivity contribution >= 4 is 11.0 Å². The number of fused-ring (bicyclic) bond motifs is 3. The normalized spacial score (nSPS) is 15.1. The number of hydrogen-bond acceptors (Lipinski definition) is 3. The van der Waals surface area contributed by atoms with Crippen LogP contribution in [0.3, 0.4) is 0 Å². The van der Waals surface area contributed by atoms with Crippen molar-refractivity contribution in [1.82, 2.24) is 0 Å². The van der Waals surface area contributed by atoms with Crippen molar-refractivity contribution < 1.29 is 14.1 Å². The van der Waals surface area contributed by atoms with Crippen LogP contribution in [0, 0.1) is 0 Å². The Kier molecular flexibility index (Phi) is 5.65. The third-order valence-corrected chi connectivity index (χ3v) is 6.81. The first-order valence-electron chi connectivity index (χ1n) is 12.0. The van der Waals surface area contributed by atoms with Gasteiger partial charge in [0.25, 0.3) is 0 Å². The second-order valence-electron chi connectivity index (χ2n) is 9.06. The first-order chi connectivity index (χ1) is 17.3. The molecule has 1 aliphatic rings. The van der Waals surface area contributed by atoms with Gasteiger partial charge >= 0.3 is 5.63 Å². The maximum atomic E-state index is 12.6. The minimum absolute atomic E-state index is 0.236. The van der Waals surface area contributed by atoms with Gasteiger partial charge in [0, 0.05) is 11.5 Å². The molecule has 1 N–H and O–H groups in total. The summed E-state index contributed by atoms with van der Waals surface area (Å²) in [4.78, 5) is 13.9. The molecule has 172 valence electrons. The molecule has 1 aromatic heterocycles.